The molecule has 4 nitrogen and oxygen atoms in total. The van der Waals surface area contributed by atoms with E-state index in [1.165, 1.54) is 21.8 Å². The van der Waals surface area contributed by atoms with E-state index in [1.54, 1.807) is 0 Å². The molecule has 1 aromatic carbocycles. The van der Waals surface area contributed by atoms with Crippen molar-refractivity contribution in [1.29, 1.82) is 5.26 Å². The number of rotatable bonds is 5. The molecular formula is C19H20N2O2S. The second-order valence-corrected chi connectivity index (χ2v) is 6.97. The molecule has 24 heavy (non-hydrogen) atoms. The summed E-state index contributed by atoms with van der Waals surface area (Å²) in [5, 5.41) is 12.9. The second-order valence-electron chi connectivity index (χ2n) is 5.86. The summed E-state index contributed by atoms with van der Waals surface area (Å²) in [5.41, 5.74) is 2.99. The Labute approximate surface area is 146 Å². The standard InChI is InChI=1S/C19H20N2O2S/c1-2-13-7-9-14(10-8-13)23-12-18(22)21-19-16(11-20)15-5-3-4-6-17(15)24-19/h7-10H,2-6,12H2,1H3,(H,21,22). The molecule has 1 N–H and O–H groups in total. The quantitative estimate of drug-likeness (QED) is 0.892. The Bertz CT molecular complexity index is 772. The van der Waals surface area contributed by atoms with Crippen LogP contribution in [0.4, 0.5) is 5.00 Å². The van der Waals surface area contributed by atoms with E-state index in [1.807, 2.05) is 24.3 Å². The maximum absolute atomic E-state index is 12.2. The number of nitriles is 1. The van der Waals surface area contributed by atoms with Crippen molar-refractivity contribution in [3.05, 3.63) is 45.8 Å². The van der Waals surface area contributed by atoms with Crippen LogP contribution < -0.4 is 10.1 Å². The zero-order chi connectivity index (χ0) is 16.9. The summed E-state index contributed by atoms with van der Waals surface area (Å²) < 4.78 is 5.52. The Morgan fingerprint density at radius 1 is 1.29 bits per heavy atom. The van der Waals surface area contributed by atoms with E-state index < -0.39 is 0 Å². The van der Waals surface area contributed by atoms with Crippen molar-refractivity contribution in [3.63, 3.8) is 0 Å². The van der Waals surface area contributed by atoms with Crippen LogP contribution in [-0.4, -0.2) is 12.5 Å². The van der Waals surface area contributed by atoms with Crippen LogP contribution in [0.2, 0.25) is 0 Å². The highest BCUT2D eigenvalue weighted by molar-refractivity contribution is 7.16. The lowest BCUT2D eigenvalue weighted by Gasteiger charge is -2.09. The molecule has 0 unspecified atom stereocenters. The third-order valence-corrected chi connectivity index (χ3v) is 5.44. The molecule has 1 aliphatic rings. The van der Waals surface area contributed by atoms with Gasteiger partial charge in [0.15, 0.2) is 6.61 Å². The molecule has 124 valence electrons. The zero-order valence-corrected chi connectivity index (χ0v) is 14.5. The van der Waals surface area contributed by atoms with Gasteiger partial charge in [0.25, 0.3) is 5.91 Å². The van der Waals surface area contributed by atoms with Gasteiger partial charge in [0.05, 0.1) is 5.56 Å². The van der Waals surface area contributed by atoms with Gasteiger partial charge in [0.2, 0.25) is 0 Å². The van der Waals surface area contributed by atoms with Gasteiger partial charge in [0.1, 0.15) is 16.8 Å². The minimum atomic E-state index is -0.232. The van der Waals surface area contributed by atoms with E-state index in [0.717, 1.165) is 37.7 Å². The molecule has 0 spiro atoms. The van der Waals surface area contributed by atoms with Crippen molar-refractivity contribution in [2.45, 2.75) is 39.0 Å². The second kappa shape index (κ2) is 7.50. The highest BCUT2D eigenvalue weighted by Gasteiger charge is 2.21. The molecule has 0 fully saturated rings. The molecule has 1 aliphatic carbocycles. The number of aryl methyl sites for hydroxylation is 2. The van der Waals surface area contributed by atoms with Crippen LogP contribution in [0.25, 0.3) is 0 Å². The lowest BCUT2D eigenvalue weighted by molar-refractivity contribution is -0.118. The van der Waals surface area contributed by atoms with Crippen molar-refractivity contribution < 1.29 is 9.53 Å². The Morgan fingerprint density at radius 3 is 2.75 bits per heavy atom. The van der Waals surface area contributed by atoms with E-state index in [-0.39, 0.29) is 12.5 Å². The summed E-state index contributed by atoms with van der Waals surface area (Å²) >= 11 is 1.53. The van der Waals surface area contributed by atoms with E-state index in [0.29, 0.717) is 16.3 Å². The summed E-state index contributed by atoms with van der Waals surface area (Å²) in [6, 6.07) is 9.98. The van der Waals surface area contributed by atoms with E-state index in [4.69, 9.17) is 4.74 Å². The third-order valence-electron chi connectivity index (χ3n) is 4.24. The molecule has 0 saturated carbocycles. The van der Waals surface area contributed by atoms with Crippen LogP contribution in [-0.2, 0) is 24.1 Å². The van der Waals surface area contributed by atoms with Gasteiger partial charge in [-0.25, -0.2) is 0 Å². The molecule has 1 heterocycles. The van der Waals surface area contributed by atoms with Gasteiger partial charge in [-0.3, -0.25) is 4.79 Å². The first kappa shape index (κ1) is 16.5. The lowest BCUT2D eigenvalue weighted by atomic mass is 9.96. The number of carbonyl (C=O) groups excluding carboxylic acids is 1. The molecule has 0 saturated heterocycles. The molecule has 2 aromatic rings. The topological polar surface area (TPSA) is 62.1 Å². The number of benzene rings is 1. The Morgan fingerprint density at radius 2 is 2.04 bits per heavy atom. The molecule has 0 aliphatic heterocycles. The largest absolute Gasteiger partial charge is 0.484 e. The molecule has 5 heteroatoms. The molecule has 0 radical (unpaired) electrons. The van der Waals surface area contributed by atoms with Crippen LogP contribution >= 0.6 is 11.3 Å². The molecule has 1 aromatic heterocycles. The Balaban J connectivity index is 1.62. The predicted octanol–water partition coefficient (Wildman–Crippen LogP) is 4.08. The van der Waals surface area contributed by atoms with Gasteiger partial charge in [-0.05, 0) is 55.4 Å². The van der Waals surface area contributed by atoms with Crippen LogP contribution in [0.1, 0.15) is 41.3 Å². The number of hydrogen-bond donors (Lipinski definition) is 1. The average molecular weight is 340 g/mol. The summed E-state index contributed by atoms with van der Waals surface area (Å²) in [7, 11) is 0. The molecule has 1 amide bonds. The molecule has 0 atom stereocenters. The van der Waals surface area contributed by atoms with Gasteiger partial charge in [0, 0.05) is 4.88 Å². The first-order valence-corrected chi connectivity index (χ1v) is 9.09. The van der Waals surface area contributed by atoms with Crippen LogP contribution in [0.5, 0.6) is 5.75 Å². The fourth-order valence-corrected chi connectivity index (χ4v) is 4.16. The number of carbonyl (C=O) groups is 1. The van der Waals surface area contributed by atoms with Gasteiger partial charge < -0.3 is 10.1 Å². The minimum Gasteiger partial charge on any atom is -0.484 e. The van der Waals surface area contributed by atoms with E-state index >= 15 is 0 Å². The number of hydrogen-bond acceptors (Lipinski definition) is 4. The normalized spacial score (nSPS) is 13.0. The minimum absolute atomic E-state index is 0.0566. The summed E-state index contributed by atoms with van der Waals surface area (Å²) in [6.45, 7) is 2.04. The summed E-state index contributed by atoms with van der Waals surface area (Å²) in [6.07, 6.45) is 5.18. The molecule has 3 rings (SSSR count). The predicted molar refractivity (Wildman–Crippen MR) is 95.6 cm³/mol. The summed E-state index contributed by atoms with van der Waals surface area (Å²) in [5.74, 6) is 0.443. The average Bonchev–Trinajstić information content (AvgIpc) is 2.97. The number of ether oxygens (including phenoxy) is 1. The number of anilines is 1. The van der Waals surface area contributed by atoms with Crippen LogP contribution in [0, 0.1) is 11.3 Å². The monoisotopic (exact) mass is 340 g/mol. The van der Waals surface area contributed by atoms with Crippen molar-refractivity contribution in [3.8, 4) is 11.8 Å². The summed E-state index contributed by atoms with van der Waals surface area (Å²) in [4.78, 5) is 13.4. The van der Waals surface area contributed by atoms with Crippen molar-refractivity contribution in [2.75, 3.05) is 11.9 Å². The fourth-order valence-electron chi connectivity index (χ4n) is 2.91. The number of nitrogens with one attached hydrogen (secondary N) is 1. The first-order chi connectivity index (χ1) is 11.7. The first-order valence-electron chi connectivity index (χ1n) is 8.27. The highest BCUT2D eigenvalue weighted by Crippen LogP contribution is 2.37. The van der Waals surface area contributed by atoms with Crippen molar-refractivity contribution in [1.82, 2.24) is 0 Å². The smallest absolute Gasteiger partial charge is 0.262 e. The maximum atomic E-state index is 12.2. The van der Waals surface area contributed by atoms with Crippen molar-refractivity contribution >= 4 is 22.2 Å². The van der Waals surface area contributed by atoms with Gasteiger partial charge in [-0.15, -0.1) is 11.3 Å². The van der Waals surface area contributed by atoms with E-state index in [9.17, 15) is 10.1 Å². The SMILES string of the molecule is CCc1ccc(OCC(=O)Nc2sc3c(c2C#N)CCCC3)cc1. The van der Waals surface area contributed by atoms with Crippen molar-refractivity contribution in [2.24, 2.45) is 0 Å². The number of thiophene rings is 1. The highest BCUT2D eigenvalue weighted by atomic mass is 32.1. The Hall–Kier alpha value is -2.32. The van der Waals surface area contributed by atoms with Gasteiger partial charge >= 0.3 is 0 Å². The fraction of sp³-hybridized carbons (Fsp3) is 0.368. The Kier molecular flexibility index (Phi) is 5.17. The third kappa shape index (κ3) is 3.60. The number of nitrogens with zero attached hydrogens (tertiary/aromatic N) is 1. The van der Waals surface area contributed by atoms with E-state index in [2.05, 4.69) is 18.3 Å². The number of fused-ring (bicyclic) bond motifs is 1. The molecular weight excluding hydrogens is 320 g/mol. The zero-order valence-electron chi connectivity index (χ0n) is 13.7. The molecule has 0 bridgehead atoms. The van der Waals surface area contributed by atoms with Gasteiger partial charge in [-0.2, -0.15) is 5.26 Å². The van der Waals surface area contributed by atoms with Gasteiger partial charge in [-0.1, -0.05) is 19.1 Å². The van der Waals surface area contributed by atoms with Crippen LogP contribution in [0.15, 0.2) is 24.3 Å². The lowest BCUT2D eigenvalue weighted by Crippen LogP contribution is -2.20. The number of amides is 1. The maximum Gasteiger partial charge on any atom is 0.262 e. The van der Waals surface area contributed by atoms with Crippen LogP contribution in [0.3, 0.4) is 0 Å².